The topological polar surface area (TPSA) is 104 Å². The Bertz CT molecular complexity index is 160. The molecule has 0 aromatic carbocycles. The van der Waals surface area contributed by atoms with Crippen molar-refractivity contribution in [2.75, 3.05) is 19.6 Å². The van der Waals surface area contributed by atoms with Gasteiger partial charge in [-0.05, 0) is 13.0 Å². The van der Waals surface area contributed by atoms with Crippen LogP contribution >= 0.6 is 0 Å². The molecule has 0 heterocycles. The minimum Gasteiger partial charge on any atom is -0.480 e. The average molecular weight is 175 g/mol. The van der Waals surface area contributed by atoms with E-state index in [1.54, 1.807) is 0 Å². The molecule has 0 bridgehead atoms. The van der Waals surface area contributed by atoms with Crippen LogP contribution in [0.4, 0.5) is 4.79 Å². The Morgan fingerprint density at radius 1 is 1.33 bits per heavy atom. The number of carboxylic acid groups (broad SMARTS) is 1. The molecular formula is C6H13N3O3. The van der Waals surface area contributed by atoms with E-state index in [1.165, 1.54) is 0 Å². The van der Waals surface area contributed by atoms with Gasteiger partial charge in [0.25, 0.3) is 0 Å². The van der Waals surface area contributed by atoms with Crippen molar-refractivity contribution in [2.24, 2.45) is 5.73 Å². The monoisotopic (exact) mass is 175 g/mol. The third kappa shape index (κ3) is 6.81. The van der Waals surface area contributed by atoms with E-state index in [-0.39, 0.29) is 6.54 Å². The van der Waals surface area contributed by atoms with E-state index in [9.17, 15) is 9.59 Å². The highest BCUT2D eigenvalue weighted by Crippen LogP contribution is 1.70. The number of urea groups is 1. The van der Waals surface area contributed by atoms with Gasteiger partial charge in [0.2, 0.25) is 0 Å². The number of hydrogen-bond donors (Lipinski definition) is 4. The van der Waals surface area contributed by atoms with Gasteiger partial charge in [-0.15, -0.1) is 0 Å². The van der Waals surface area contributed by atoms with E-state index in [2.05, 4.69) is 10.6 Å². The largest absolute Gasteiger partial charge is 0.480 e. The fraction of sp³-hybridized carbons (Fsp3) is 0.667. The number of carbonyl (C=O) groups excluding carboxylic acids is 1. The van der Waals surface area contributed by atoms with E-state index in [0.29, 0.717) is 19.5 Å². The first-order valence-electron chi connectivity index (χ1n) is 3.60. The van der Waals surface area contributed by atoms with Crippen LogP contribution in [0.1, 0.15) is 6.42 Å². The van der Waals surface area contributed by atoms with Gasteiger partial charge in [0.15, 0.2) is 0 Å². The van der Waals surface area contributed by atoms with Gasteiger partial charge in [0.1, 0.15) is 6.54 Å². The number of nitrogens with one attached hydrogen (secondary N) is 2. The zero-order valence-electron chi connectivity index (χ0n) is 6.67. The smallest absolute Gasteiger partial charge is 0.323 e. The lowest BCUT2D eigenvalue weighted by Crippen LogP contribution is -2.39. The molecule has 6 nitrogen and oxygen atoms in total. The lowest BCUT2D eigenvalue weighted by molar-refractivity contribution is -0.135. The highest BCUT2D eigenvalue weighted by molar-refractivity contribution is 5.79. The number of rotatable bonds is 5. The molecule has 12 heavy (non-hydrogen) atoms. The molecule has 2 amide bonds. The van der Waals surface area contributed by atoms with Crippen molar-refractivity contribution in [1.29, 1.82) is 0 Å². The van der Waals surface area contributed by atoms with Crippen LogP contribution in [0.5, 0.6) is 0 Å². The van der Waals surface area contributed by atoms with E-state index < -0.39 is 12.0 Å². The number of amides is 2. The summed E-state index contributed by atoms with van der Waals surface area (Å²) >= 11 is 0. The van der Waals surface area contributed by atoms with Crippen LogP contribution in [0.3, 0.4) is 0 Å². The van der Waals surface area contributed by atoms with Crippen LogP contribution in [0.2, 0.25) is 0 Å². The zero-order chi connectivity index (χ0) is 9.40. The second-order valence-corrected chi connectivity index (χ2v) is 2.15. The SMILES string of the molecule is NCCCNC(=O)NCC(=O)O. The maximum atomic E-state index is 10.7. The molecular weight excluding hydrogens is 162 g/mol. The van der Waals surface area contributed by atoms with Crippen LogP contribution in [-0.4, -0.2) is 36.7 Å². The summed E-state index contributed by atoms with van der Waals surface area (Å²) in [4.78, 5) is 20.7. The number of nitrogens with two attached hydrogens (primary N) is 1. The minimum absolute atomic E-state index is 0.367. The first kappa shape index (κ1) is 10.7. The first-order valence-corrected chi connectivity index (χ1v) is 3.60. The van der Waals surface area contributed by atoms with Crippen molar-refractivity contribution in [1.82, 2.24) is 10.6 Å². The van der Waals surface area contributed by atoms with Crippen LogP contribution in [0, 0.1) is 0 Å². The average Bonchev–Trinajstić information content (AvgIpc) is 2.01. The normalized spacial score (nSPS) is 9.08. The Kier molecular flexibility index (Phi) is 5.72. The summed E-state index contributed by atoms with van der Waals surface area (Å²) in [6.45, 7) is 0.593. The van der Waals surface area contributed by atoms with Crippen LogP contribution < -0.4 is 16.4 Å². The third-order valence-corrected chi connectivity index (χ3v) is 1.07. The molecule has 0 aromatic heterocycles. The van der Waals surface area contributed by atoms with Crippen molar-refractivity contribution in [3.05, 3.63) is 0 Å². The summed E-state index contributed by atoms with van der Waals surface area (Å²) in [5.41, 5.74) is 5.17. The molecule has 0 spiro atoms. The van der Waals surface area contributed by atoms with Crippen molar-refractivity contribution < 1.29 is 14.7 Å². The highest BCUT2D eigenvalue weighted by Gasteiger charge is 2.00. The minimum atomic E-state index is -1.07. The predicted molar refractivity (Wildman–Crippen MR) is 42.7 cm³/mol. The molecule has 0 unspecified atom stereocenters. The summed E-state index contributed by atoms with van der Waals surface area (Å²) in [7, 11) is 0. The van der Waals surface area contributed by atoms with Crippen molar-refractivity contribution in [3.63, 3.8) is 0 Å². The predicted octanol–water partition coefficient (Wildman–Crippen LogP) is -1.28. The Hall–Kier alpha value is -1.30. The summed E-state index contributed by atoms with van der Waals surface area (Å²) in [6.07, 6.45) is 0.681. The van der Waals surface area contributed by atoms with Gasteiger partial charge in [-0.3, -0.25) is 4.79 Å². The Morgan fingerprint density at radius 3 is 2.50 bits per heavy atom. The van der Waals surface area contributed by atoms with Gasteiger partial charge < -0.3 is 21.5 Å². The Balaban J connectivity index is 3.28. The Morgan fingerprint density at radius 2 is 2.00 bits per heavy atom. The molecule has 0 saturated carbocycles. The van der Waals surface area contributed by atoms with Crippen LogP contribution in [0.15, 0.2) is 0 Å². The Labute approximate surface area is 70.1 Å². The van der Waals surface area contributed by atoms with Gasteiger partial charge in [0.05, 0.1) is 0 Å². The molecule has 0 aliphatic rings. The molecule has 0 fully saturated rings. The number of aliphatic carboxylic acids is 1. The number of carbonyl (C=O) groups is 2. The summed E-state index contributed by atoms with van der Waals surface area (Å²) < 4.78 is 0. The maximum absolute atomic E-state index is 10.7. The van der Waals surface area contributed by atoms with Gasteiger partial charge in [-0.2, -0.15) is 0 Å². The lowest BCUT2D eigenvalue weighted by Gasteiger charge is -2.03. The van der Waals surface area contributed by atoms with Gasteiger partial charge in [0, 0.05) is 6.54 Å². The fourth-order valence-electron chi connectivity index (χ4n) is 0.522. The quantitative estimate of drug-likeness (QED) is 0.390. The molecule has 6 heteroatoms. The second-order valence-electron chi connectivity index (χ2n) is 2.15. The molecule has 70 valence electrons. The third-order valence-electron chi connectivity index (χ3n) is 1.07. The zero-order valence-corrected chi connectivity index (χ0v) is 6.67. The molecule has 0 saturated heterocycles. The second kappa shape index (κ2) is 6.41. The van der Waals surface area contributed by atoms with Gasteiger partial charge >= 0.3 is 12.0 Å². The van der Waals surface area contributed by atoms with Crippen LogP contribution in [0.25, 0.3) is 0 Å². The van der Waals surface area contributed by atoms with Crippen molar-refractivity contribution in [3.8, 4) is 0 Å². The van der Waals surface area contributed by atoms with E-state index >= 15 is 0 Å². The summed E-state index contributed by atoms with van der Waals surface area (Å²) in [5.74, 6) is -1.07. The van der Waals surface area contributed by atoms with Gasteiger partial charge in [-0.1, -0.05) is 0 Å². The molecule has 0 atom stereocenters. The fourth-order valence-corrected chi connectivity index (χ4v) is 0.522. The standard InChI is InChI=1S/C6H13N3O3/c7-2-1-3-8-6(12)9-4-5(10)11/h1-4,7H2,(H,10,11)(H2,8,9,12). The highest BCUT2D eigenvalue weighted by atomic mass is 16.4. The van der Waals surface area contributed by atoms with Crippen molar-refractivity contribution in [2.45, 2.75) is 6.42 Å². The lowest BCUT2D eigenvalue weighted by atomic mass is 10.4. The van der Waals surface area contributed by atoms with E-state index in [0.717, 1.165) is 0 Å². The molecule has 5 N–H and O–H groups in total. The first-order chi connectivity index (χ1) is 5.66. The van der Waals surface area contributed by atoms with Crippen molar-refractivity contribution >= 4 is 12.0 Å². The molecule has 0 rings (SSSR count). The molecule has 0 aliphatic heterocycles. The molecule has 0 aliphatic carbocycles. The number of hydrogen-bond acceptors (Lipinski definition) is 3. The van der Waals surface area contributed by atoms with E-state index in [1.807, 2.05) is 0 Å². The van der Waals surface area contributed by atoms with Gasteiger partial charge in [-0.25, -0.2) is 4.79 Å². The summed E-state index contributed by atoms with van der Waals surface area (Å²) in [5, 5.41) is 12.8. The molecule has 0 radical (unpaired) electrons. The summed E-state index contributed by atoms with van der Waals surface area (Å²) in [6, 6.07) is -0.481. The van der Waals surface area contributed by atoms with E-state index in [4.69, 9.17) is 10.8 Å². The van der Waals surface area contributed by atoms with Crippen LogP contribution in [-0.2, 0) is 4.79 Å². The maximum Gasteiger partial charge on any atom is 0.323 e. The molecule has 0 aromatic rings. The number of carboxylic acids is 1.